The average molecular weight is 264 g/mol. The highest BCUT2D eigenvalue weighted by Crippen LogP contribution is 2.24. The lowest BCUT2D eigenvalue weighted by molar-refractivity contribution is 0.244. The molecule has 0 aliphatic carbocycles. The SMILES string of the molecule is CCC(C)NCCCc1ccc(OC(C)C)c(N)c1. The van der Waals surface area contributed by atoms with Crippen LogP contribution in [-0.2, 0) is 6.42 Å². The summed E-state index contributed by atoms with van der Waals surface area (Å²) in [5, 5.41) is 3.50. The lowest BCUT2D eigenvalue weighted by Crippen LogP contribution is -2.26. The highest BCUT2D eigenvalue weighted by Gasteiger charge is 2.04. The Morgan fingerprint density at radius 1 is 1.26 bits per heavy atom. The normalized spacial score (nSPS) is 12.7. The molecule has 0 aromatic heterocycles. The molecule has 0 spiro atoms. The molecule has 0 aliphatic heterocycles. The Kier molecular flexibility index (Phi) is 6.71. The monoisotopic (exact) mass is 264 g/mol. The summed E-state index contributed by atoms with van der Waals surface area (Å²) in [5.41, 5.74) is 8.02. The highest BCUT2D eigenvalue weighted by molar-refractivity contribution is 5.54. The van der Waals surface area contributed by atoms with Crippen molar-refractivity contribution >= 4 is 5.69 Å². The second-order valence-electron chi connectivity index (χ2n) is 5.41. The van der Waals surface area contributed by atoms with E-state index in [-0.39, 0.29) is 6.10 Å². The third-order valence-electron chi connectivity index (χ3n) is 3.18. The molecule has 0 fully saturated rings. The largest absolute Gasteiger partial charge is 0.489 e. The predicted octanol–water partition coefficient (Wildman–Crippen LogP) is 3.38. The lowest BCUT2D eigenvalue weighted by atomic mass is 10.1. The van der Waals surface area contributed by atoms with Gasteiger partial charge in [-0.15, -0.1) is 0 Å². The van der Waals surface area contributed by atoms with Crippen molar-refractivity contribution in [2.24, 2.45) is 0 Å². The van der Waals surface area contributed by atoms with Gasteiger partial charge in [-0.1, -0.05) is 13.0 Å². The van der Waals surface area contributed by atoms with E-state index in [1.807, 2.05) is 26.0 Å². The first kappa shape index (κ1) is 15.8. The van der Waals surface area contributed by atoms with Crippen LogP contribution in [0, 0.1) is 0 Å². The van der Waals surface area contributed by atoms with Crippen molar-refractivity contribution in [3.8, 4) is 5.75 Å². The van der Waals surface area contributed by atoms with E-state index >= 15 is 0 Å². The van der Waals surface area contributed by atoms with Crippen molar-refractivity contribution in [3.63, 3.8) is 0 Å². The lowest BCUT2D eigenvalue weighted by Gasteiger charge is -2.14. The molecule has 0 saturated heterocycles. The van der Waals surface area contributed by atoms with Crippen molar-refractivity contribution in [2.75, 3.05) is 12.3 Å². The number of anilines is 1. The Hall–Kier alpha value is -1.22. The molecular weight excluding hydrogens is 236 g/mol. The maximum Gasteiger partial charge on any atom is 0.142 e. The van der Waals surface area contributed by atoms with E-state index in [2.05, 4.69) is 25.2 Å². The second kappa shape index (κ2) is 8.05. The van der Waals surface area contributed by atoms with Gasteiger partial charge in [0.05, 0.1) is 11.8 Å². The molecule has 108 valence electrons. The minimum atomic E-state index is 0.160. The molecule has 19 heavy (non-hydrogen) atoms. The topological polar surface area (TPSA) is 47.3 Å². The molecule has 3 nitrogen and oxygen atoms in total. The molecule has 3 heteroatoms. The van der Waals surface area contributed by atoms with Crippen LogP contribution in [0.1, 0.15) is 46.1 Å². The maximum absolute atomic E-state index is 6.00. The number of nitrogens with one attached hydrogen (secondary N) is 1. The van der Waals surface area contributed by atoms with Gasteiger partial charge in [-0.2, -0.15) is 0 Å². The summed E-state index contributed by atoms with van der Waals surface area (Å²) in [6.07, 6.45) is 3.52. The van der Waals surface area contributed by atoms with Crippen LogP contribution in [0.25, 0.3) is 0 Å². The molecule has 0 aliphatic rings. The summed E-state index contributed by atoms with van der Waals surface area (Å²) >= 11 is 0. The quantitative estimate of drug-likeness (QED) is 0.559. The van der Waals surface area contributed by atoms with Crippen molar-refractivity contribution < 1.29 is 4.74 Å². The number of rotatable bonds is 8. The van der Waals surface area contributed by atoms with Gasteiger partial charge >= 0.3 is 0 Å². The summed E-state index contributed by atoms with van der Waals surface area (Å²) in [6, 6.07) is 6.72. The number of hydrogen-bond donors (Lipinski definition) is 2. The number of aryl methyl sites for hydroxylation is 1. The van der Waals surface area contributed by atoms with Crippen LogP contribution in [0.2, 0.25) is 0 Å². The number of hydrogen-bond acceptors (Lipinski definition) is 3. The third kappa shape index (κ3) is 5.97. The predicted molar refractivity (Wildman–Crippen MR) is 82.7 cm³/mol. The van der Waals surface area contributed by atoms with Crippen LogP contribution in [0.3, 0.4) is 0 Å². The van der Waals surface area contributed by atoms with Gasteiger partial charge in [0.25, 0.3) is 0 Å². The molecule has 0 radical (unpaired) electrons. The van der Waals surface area contributed by atoms with Gasteiger partial charge < -0.3 is 15.8 Å². The Bertz CT molecular complexity index is 377. The minimum absolute atomic E-state index is 0.160. The zero-order valence-electron chi connectivity index (χ0n) is 12.7. The summed E-state index contributed by atoms with van der Waals surface area (Å²) in [5.74, 6) is 0.788. The molecule has 1 aromatic carbocycles. The first-order valence-corrected chi connectivity index (χ1v) is 7.31. The van der Waals surface area contributed by atoms with Crippen LogP contribution in [0.4, 0.5) is 5.69 Å². The van der Waals surface area contributed by atoms with Crippen molar-refractivity contribution in [1.82, 2.24) is 5.32 Å². The third-order valence-corrected chi connectivity index (χ3v) is 3.18. The summed E-state index contributed by atoms with van der Waals surface area (Å²) < 4.78 is 5.63. The first-order chi connectivity index (χ1) is 9.02. The van der Waals surface area contributed by atoms with Crippen molar-refractivity contribution in [3.05, 3.63) is 23.8 Å². The van der Waals surface area contributed by atoms with Gasteiger partial charge in [0.15, 0.2) is 0 Å². The van der Waals surface area contributed by atoms with Crippen LogP contribution in [-0.4, -0.2) is 18.7 Å². The van der Waals surface area contributed by atoms with E-state index in [1.165, 1.54) is 12.0 Å². The van der Waals surface area contributed by atoms with Crippen molar-refractivity contribution in [2.45, 2.75) is 59.1 Å². The smallest absolute Gasteiger partial charge is 0.142 e. The molecule has 1 rings (SSSR count). The van der Waals surface area contributed by atoms with Gasteiger partial charge in [-0.05, 0) is 64.3 Å². The van der Waals surface area contributed by atoms with Gasteiger partial charge in [-0.3, -0.25) is 0 Å². The van der Waals surface area contributed by atoms with Gasteiger partial charge in [-0.25, -0.2) is 0 Å². The molecule has 1 atom stereocenters. The van der Waals surface area contributed by atoms with E-state index in [1.54, 1.807) is 0 Å². The molecule has 3 N–H and O–H groups in total. The van der Waals surface area contributed by atoms with E-state index in [0.717, 1.165) is 30.8 Å². The fraction of sp³-hybridized carbons (Fsp3) is 0.625. The maximum atomic E-state index is 6.00. The molecule has 0 saturated carbocycles. The van der Waals surface area contributed by atoms with Gasteiger partial charge in [0.1, 0.15) is 5.75 Å². The molecule has 0 bridgehead atoms. The van der Waals surface area contributed by atoms with E-state index < -0.39 is 0 Å². The van der Waals surface area contributed by atoms with Crippen LogP contribution in [0.15, 0.2) is 18.2 Å². The summed E-state index contributed by atoms with van der Waals surface area (Å²) in [7, 11) is 0. The fourth-order valence-electron chi connectivity index (χ4n) is 1.90. The standard InChI is InChI=1S/C16H28N2O/c1-5-13(4)18-10-6-7-14-8-9-16(15(17)11-14)19-12(2)3/h8-9,11-13,18H,5-7,10,17H2,1-4H3. The Morgan fingerprint density at radius 3 is 2.58 bits per heavy atom. The zero-order chi connectivity index (χ0) is 14.3. The Morgan fingerprint density at radius 2 is 2.00 bits per heavy atom. The summed E-state index contributed by atoms with van der Waals surface area (Å²) in [6.45, 7) is 9.49. The molecule has 0 amide bonds. The average Bonchev–Trinajstić information content (AvgIpc) is 2.37. The second-order valence-corrected chi connectivity index (χ2v) is 5.41. The van der Waals surface area contributed by atoms with Gasteiger partial charge in [0.2, 0.25) is 0 Å². The van der Waals surface area contributed by atoms with Crippen molar-refractivity contribution in [1.29, 1.82) is 0 Å². The zero-order valence-corrected chi connectivity index (χ0v) is 12.7. The van der Waals surface area contributed by atoms with Crippen LogP contribution >= 0.6 is 0 Å². The van der Waals surface area contributed by atoms with Gasteiger partial charge in [0, 0.05) is 6.04 Å². The Balaban J connectivity index is 2.41. The van der Waals surface area contributed by atoms with Crippen LogP contribution < -0.4 is 15.8 Å². The number of ether oxygens (including phenoxy) is 1. The van der Waals surface area contributed by atoms with Crippen LogP contribution in [0.5, 0.6) is 5.75 Å². The minimum Gasteiger partial charge on any atom is -0.489 e. The fourth-order valence-corrected chi connectivity index (χ4v) is 1.90. The first-order valence-electron chi connectivity index (χ1n) is 7.31. The number of nitrogens with two attached hydrogens (primary N) is 1. The molecule has 0 heterocycles. The number of nitrogen functional groups attached to an aromatic ring is 1. The number of benzene rings is 1. The van der Waals surface area contributed by atoms with E-state index in [4.69, 9.17) is 10.5 Å². The van der Waals surface area contributed by atoms with E-state index in [0.29, 0.717) is 6.04 Å². The summed E-state index contributed by atoms with van der Waals surface area (Å²) in [4.78, 5) is 0. The Labute approximate surface area is 117 Å². The molecular formula is C16H28N2O. The molecule has 1 unspecified atom stereocenters. The molecule has 1 aromatic rings. The highest BCUT2D eigenvalue weighted by atomic mass is 16.5. The van der Waals surface area contributed by atoms with E-state index in [9.17, 15) is 0 Å².